The van der Waals surface area contributed by atoms with Crippen LogP contribution in [0.2, 0.25) is 0 Å². The van der Waals surface area contributed by atoms with Crippen molar-refractivity contribution >= 4 is 11.6 Å². The number of aryl methyl sites for hydroxylation is 1. The van der Waals surface area contributed by atoms with Crippen LogP contribution in [-0.2, 0) is 0 Å². The third-order valence-corrected chi connectivity index (χ3v) is 2.39. The van der Waals surface area contributed by atoms with Gasteiger partial charge in [-0.25, -0.2) is 0 Å². The molecule has 1 aromatic heterocycles. The molecule has 0 fully saturated rings. The van der Waals surface area contributed by atoms with Gasteiger partial charge in [0.05, 0.1) is 5.69 Å². The second kappa shape index (κ2) is 5.86. The van der Waals surface area contributed by atoms with Gasteiger partial charge in [0, 0.05) is 6.07 Å². The second-order valence-corrected chi connectivity index (χ2v) is 4.18. The molecule has 21 heavy (non-hydrogen) atoms. The van der Waals surface area contributed by atoms with E-state index in [2.05, 4.69) is 15.2 Å². The first-order chi connectivity index (χ1) is 9.85. The molecule has 0 radical (unpaired) electrons. The highest BCUT2D eigenvalue weighted by Gasteiger charge is 2.29. The Kier molecular flexibility index (Phi) is 4.15. The Balaban J connectivity index is 2.11. The predicted molar refractivity (Wildman–Crippen MR) is 67.2 cm³/mol. The fraction of sp³-hybridized carbons (Fsp3) is 0.231. The zero-order valence-corrected chi connectivity index (χ0v) is 10.9. The first-order valence-electron chi connectivity index (χ1n) is 5.88. The van der Waals surface area contributed by atoms with E-state index in [9.17, 15) is 18.0 Å². The highest BCUT2D eigenvalue weighted by molar-refractivity contribution is 6.03. The lowest BCUT2D eigenvalue weighted by Crippen LogP contribution is -2.20. The lowest BCUT2D eigenvalue weighted by molar-refractivity contribution is -0.153. The number of nitrogens with one attached hydrogen (secondary N) is 1. The van der Waals surface area contributed by atoms with Gasteiger partial charge in [-0.3, -0.25) is 4.79 Å². The van der Waals surface area contributed by atoms with Gasteiger partial charge in [0.25, 0.3) is 5.91 Å². The highest BCUT2D eigenvalue weighted by Crippen LogP contribution is 2.26. The number of carbonyl (C=O) groups is 1. The largest absolute Gasteiger partial charge is 0.482 e. The van der Waals surface area contributed by atoms with Gasteiger partial charge >= 0.3 is 6.18 Å². The number of alkyl halides is 3. The molecule has 0 saturated carbocycles. The molecule has 2 rings (SSSR count). The fourth-order valence-corrected chi connectivity index (χ4v) is 1.52. The van der Waals surface area contributed by atoms with Crippen molar-refractivity contribution in [3.05, 3.63) is 41.8 Å². The number of amides is 1. The monoisotopic (exact) mass is 300 g/mol. The third-order valence-electron chi connectivity index (χ3n) is 2.39. The first kappa shape index (κ1) is 14.9. The summed E-state index contributed by atoms with van der Waals surface area (Å²) in [7, 11) is 0. The minimum atomic E-state index is -4.46. The number of carbonyl (C=O) groups excluding carboxylic acids is 1. The van der Waals surface area contributed by atoms with E-state index in [-0.39, 0.29) is 17.1 Å². The van der Waals surface area contributed by atoms with Crippen LogP contribution in [0.15, 0.2) is 34.9 Å². The summed E-state index contributed by atoms with van der Waals surface area (Å²) >= 11 is 0. The van der Waals surface area contributed by atoms with Crippen LogP contribution in [-0.4, -0.2) is 23.8 Å². The third kappa shape index (κ3) is 4.23. The van der Waals surface area contributed by atoms with Crippen molar-refractivity contribution in [2.24, 2.45) is 0 Å². The lowest BCUT2D eigenvalue weighted by atomic mass is 10.2. The van der Waals surface area contributed by atoms with E-state index < -0.39 is 18.7 Å². The van der Waals surface area contributed by atoms with Crippen LogP contribution in [0.4, 0.5) is 18.9 Å². The molecule has 8 heteroatoms. The lowest BCUT2D eigenvalue weighted by Gasteiger charge is -2.13. The normalized spacial score (nSPS) is 11.2. The van der Waals surface area contributed by atoms with Gasteiger partial charge in [0.15, 0.2) is 12.3 Å². The highest BCUT2D eigenvalue weighted by atomic mass is 19.4. The molecule has 1 heterocycles. The van der Waals surface area contributed by atoms with E-state index in [0.717, 1.165) is 0 Å². The van der Waals surface area contributed by atoms with Gasteiger partial charge in [-0.15, -0.1) is 0 Å². The molecule has 0 aliphatic carbocycles. The summed E-state index contributed by atoms with van der Waals surface area (Å²) in [5.41, 5.74) is 0.144. The Hall–Kier alpha value is -2.51. The molecule has 1 N–H and O–H groups in total. The van der Waals surface area contributed by atoms with E-state index in [1.54, 1.807) is 13.0 Å². The molecule has 0 aliphatic rings. The zero-order valence-electron chi connectivity index (χ0n) is 10.9. The van der Waals surface area contributed by atoms with E-state index in [0.29, 0.717) is 5.76 Å². The molecule has 1 aromatic carbocycles. The first-order valence-corrected chi connectivity index (χ1v) is 5.88. The van der Waals surface area contributed by atoms with Crippen LogP contribution in [0.5, 0.6) is 5.75 Å². The van der Waals surface area contributed by atoms with Gasteiger partial charge in [-0.1, -0.05) is 17.3 Å². The van der Waals surface area contributed by atoms with Crippen LogP contribution in [0.25, 0.3) is 0 Å². The quantitative estimate of drug-likeness (QED) is 0.942. The number of benzene rings is 1. The Morgan fingerprint density at radius 3 is 2.71 bits per heavy atom. The molecule has 2 aromatic rings. The second-order valence-electron chi connectivity index (χ2n) is 4.18. The number of nitrogens with zero attached hydrogens (tertiary/aromatic N) is 1. The van der Waals surface area contributed by atoms with Crippen LogP contribution >= 0.6 is 0 Å². The summed E-state index contributed by atoms with van der Waals surface area (Å²) in [6, 6.07) is 7.23. The summed E-state index contributed by atoms with van der Waals surface area (Å²) in [5.74, 6) is -0.236. The Morgan fingerprint density at radius 1 is 1.38 bits per heavy atom. The number of rotatable bonds is 4. The van der Waals surface area contributed by atoms with Gasteiger partial charge in [-0.05, 0) is 19.1 Å². The van der Waals surface area contributed by atoms with Gasteiger partial charge in [-0.2, -0.15) is 13.2 Å². The summed E-state index contributed by atoms with van der Waals surface area (Å²) in [5, 5.41) is 5.94. The van der Waals surface area contributed by atoms with Crippen molar-refractivity contribution in [3.63, 3.8) is 0 Å². The van der Waals surface area contributed by atoms with E-state index >= 15 is 0 Å². The van der Waals surface area contributed by atoms with Crippen molar-refractivity contribution in [2.45, 2.75) is 13.1 Å². The van der Waals surface area contributed by atoms with E-state index in [4.69, 9.17) is 4.52 Å². The fourth-order valence-electron chi connectivity index (χ4n) is 1.52. The number of ether oxygens (including phenoxy) is 1. The number of hydrogen-bond acceptors (Lipinski definition) is 4. The maximum atomic E-state index is 12.2. The Labute approximate surface area is 117 Å². The van der Waals surface area contributed by atoms with Crippen molar-refractivity contribution in [1.29, 1.82) is 0 Å². The maximum Gasteiger partial charge on any atom is 0.422 e. The molecular formula is C13H11F3N2O3. The molecular weight excluding hydrogens is 289 g/mol. The van der Waals surface area contributed by atoms with Crippen LogP contribution in [0.3, 0.4) is 0 Å². The number of para-hydroxylation sites is 2. The number of hydrogen-bond donors (Lipinski definition) is 1. The number of aromatic nitrogens is 1. The average Bonchev–Trinajstić information content (AvgIpc) is 2.83. The Bertz CT molecular complexity index is 638. The summed E-state index contributed by atoms with van der Waals surface area (Å²) in [6.45, 7) is 0.174. The van der Waals surface area contributed by atoms with Crippen molar-refractivity contribution in [2.75, 3.05) is 11.9 Å². The van der Waals surface area contributed by atoms with Crippen molar-refractivity contribution in [1.82, 2.24) is 5.16 Å². The predicted octanol–water partition coefficient (Wildman–Crippen LogP) is 3.18. The smallest absolute Gasteiger partial charge is 0.422 e. The Morgan fingerprint density at radius 2 is 2.10 bits per heavy atom. The summed E-state index contributed by atoms with van der Waals surface area (Å²) < 4.78 is 45.9. The number of anilines is 1. The molecule has 0 saturated heterocycles. The molecule has 0 unspecified atom stereocenters. The minimum absolute atomic E-state index is 0.0260. The van der Waals surface area contributed by atoms with Gasteiger partial charge in [0.2, 0.25) is 0 Å². The average molecular weight is 300 g/mol. The molecule has 0 bridgehead atoms. The molecule has 0 atom stereocenters. The van der Waals surface area contributed by atoms with Crippen LogP contribution < -0.4 is 10.1 Å². The molecule has 5 nitrogen and oxygen atoms in total. The molecule has 0 aliphatic heterocycles. The van der Waals surface area contributed by atoms with Crippen LogP contribution in [0, 0.1) is 6.92 Å². The molecule has 0 spiro atoms. The SMILES string of the molecule is Cc1cc(C(=O)Nc2ccccc2OCC(F)(F)F)no1. The van der Waals surface area contributed by atoms with Crippen LogP contribution in [0.1, 0.15) is 16.2 Å². The van der Waals surface area contributed by atoms with Gasteiger partial charge in [0.1, 0.15) is 11.5 Å². The zero-order chi connectivity index (χ0) is 15.5. The maximum absolute atomic E-state index is 12.2. The standard InChI is InChI=1S/C13H11F3N2O3/c1-8-6-10(18-21-8)12(19)17-9-4-2-3-5-11(9)20-7-13(14,15)16/h2-6H,7H2,1H3,(H,17,19). The topological polar surface area (TPSA) is 64.4 Å². The molecule has 1 amide bonds. The van der Waals surface area contributed by atoms with Crippen molar-refractivity contribution < 1.29 is 27.2 Å². The minimum Gasteiger partial charge on any atom is -0.482 e. The van der Waals surface area contributed by atoms with Gasteiger partial charge < -0.3 is 14.6 Å². The molecule has 112 valence electrons. The van der Waals surface area contributed by atoms with Crippen molar-refractivity contribution in [3.8, 4) is 5.75 Å². The van der Waals surface area contributed by atoms with E-state index in [1.807, 2.05) is 0 Å². The van der Waals surface area contributed by atoms with E-state index in [1.165, 1.54) is 24.3 Å². The summed E-state index contributed by atoms with van der Waals surface area (Å²) in [4.78, 5) is 11.9. The number of halogens is 3. The summed E-state index contributed by atoms with van der Waals surface area (Å²) in [6.07, 6.45) is -4.46.